The van der Waals surface area contributed by atoms with E-state index in [9.17, 15) is 8.78 Å². The third-order valence-electron chi connectivity index (χ3n) is 2.44. The monoisotopic (exact) mass is 259 g/mol. The summed E-state index contributed by atoms with van der Waals surface area (Å²) in [6, 6.07) is 3.45. The number of nitrogens with one attached hydrogen (secondary N) is 1. The van der Waals surface area contributed by atoms with Crippen molar-refractivity contribution >= 4 is 16.5 Å². The van der Waals surface area contributed by atoms with E-state index in [0.717, 1.165) is 6.07 Å². The number of benzene rings is 1. The van der Waals surface area contributed by atoms with E-state index in [1.807, 2.05) is 6.92 Å². The van der Waals surface area contributed by atoms with Crippen LogP contribution < -0.4 is 4.72 Å². The lowest BCUT2D eigenvalue weighted by Gasteiger charge is -2.27. The van der Waals surface area contributed by atoms with Gasteiger partial charge in [0.05, 0.1) is 0 Å². The Labute approximate surface area is 104 Å². The molecule has 4 heteroatoms. The quantitative estimate of drug-likeness (QED) is 0.808. The van der Waals surface area contributed by atoms with Crippen molar-refractivity contribution in [2.45, 2.75) is 38.5 Å². The summed E-state index contributed by atoms with van der Waals surface area (Å²) in [7, 11) is -0.276. The van der Waals surface area contributed by atoms with Crippen LogP contribution in [-0.2, 0) is 0 Å². The molecule has 0 saturated heterocycles. The Kier molecular flexibility index (Phi) is 4.44. The van der Waals surface area contributed by atoms with Gasteiger partial charge in [0.15, 0.2) is 0 Å². The highest BCUT2D eigenvalue weighted by Crippen LogP contribution is 2.29. The summed E-state index contributed by atoms with van der Waals surface area (Å²) < 4.78 is 29.5. The zero-order valence-electron chi connectivity index (χ0n) is 10.7. The fourth-order valence-corrected chi connectivity index (χ4v) is 2.20. The van der Waals surface area contributed by atoms with E-state index in [2.05, 4.69) is 31.4 Å². The first kappa shape index (κ1) is 14.3. The second kappa shape index (κ2) is 5.27. The van der Waals surface area contributed by atoms with Crippen LogP contribution in [0.5, 0.6) is 0 Å². The van der Waals surface area contributed by atoms with Gasteiger partial charge in [0, 0.05) is 16.9 Å². The largest absolute Gasteiger partial charge is 0.262 e. The first-order valence-corrected chi connectivity index (χ1v) is 6.86. The van der Waals surface area contributed by atoms with Gasteiger partial charge in [-0.15, -0.1) is 10.7 Å². The highest BCUT2D eigenvalue weighted by molar-refractivity contribution is 8.13. The molecule has 0 aliphatic heterocycles. The molecule has 0 saturated carbocycles. The van der Waals surface area contributed by atoms with Gasteiger partial charge >= 0.3 is 0 Å². The van der Waals surface area contributed by atoms with Gasteiger partial charge in [0.25, 0.3) is 0 Å². The van der Waals surface area contributed by atoms with Crippen LogP contribution in [0, 0.1) is 11.6 Å². The summed E-state index contributed by atoms with van der Waals surface area (Å²) in [6.45, 7) is 8.12. The lowest BCUT2D eigenvalue weighted by Crippen LogP contribution is -2.23. The zero-order chi connectivity index (χ0) is 13.2. The van der Waals surface area contributed by atoms with Gasteiger partial charge in [0.2, 0.25) is 0 Å². The number of halogens is 2. The summed E-state index contributed by atoms with van der Waals surface area (Å²) in [5.74, 6) is 2.95. The first-order valence-electron chi connectivity index (χ1n) is 5.46. The van der Waals surface area contributed by atoms with Crippen LogP contribution in [0.3, 0.4) is 0 Å². The van der Waals surface area contributed by atoms with E-state index in [-0.39, 0.29) is 21.5 Å². The fourth-order valence-electron chi connectivity index (χ4n) is 1.28. The maximum absolute atomic E-state index is 13.1. The van der Waals surface area contributed by atoms with Crippen molar-refractivity contribution in [2.24, 2.45) is 0 Å². The average molecular weight is 259 g/mol. The van der Waals surface area contributed by atoms with Gasteiger partial charge in [-0.2, -0.15) is 0 Å². The second-order valence-corrected chi connectivity index (χ2v) is 7.29. The minimum absolute atomic E-state index is 0.0279. The molecule has 96 valence electrons. The minimum atomic E-state index is -0.548. The molecular formula is C13H19F2NS. The average Bonchev–Trinajstić information content (AvgIpc) is 2.14. The number of hydrogen-bond donors (Lipinski definition) is 1. The molecule has 1 aromatic rings. The molecule has 0 radical (unpaired) electrons. The van der Waals surface area contributed by atoms with Crippen LogP contribution in [0.1, 0.15) is 39.3 Å². The maximum atomic E-state index is 13.1. The third-order valence-corrected chi connectivity index (χ3v) is 4.56. The van der Waals surface area contributed by atoms with Crippen LogP contribution in [0.25, 0.3) is 0 Å². The van der Waals surface area contributed by atoms with Crippen molar-refractivity contribution in [3.05, 3.63) is 35.4 Å². The Morgan fingerprint density at radius 3 is 2.06 bits per heavy atom. The molecule has 0 heterocycles. The Bertz CT molecular complexity index is 404. The highest BCUT2D eigenvalue weighted by Gasteiger charge is 2.17. The highest BCUT2D eigenvalue weighted by atomic mass is 32.2. The van der Waals surface area contributed by atoms with Gasteiger partial charge in [0.1, 0.15) is 11.6 Å². The molecule has 0 fully saturated rings. The summed E-state index contributed by atoms with van der Waals surface area (Å²) in [5.41, 5.74) is 0.605. The van der Waals surface area contributed by atoms with E-state index < -0.39 is 11.6 Å². The van der Waals surface area contributed by atoms with Crippen molar-refractivity contribution < 1.29 is 8.78 Å². The topological polar surface area (TPSA) is 12.0 Å². The van der Waals surface area contributed by atoms with Crippen molar-refractivity contribution in [3.63, 3.8) is 0 Å². The summed E-state index contributed by atoms with van der Waals surface area (Å²) in [5, 5.41) is 0. The van der Waals surface area contributed by atoms with E-state index in [4.69, 9.17) is 0 Å². The Morgan fingerprint density at radius 1 is 1.18 bits per heavy atom. The van der Waals surface area contributed by atoms with Gasteiger partial charge in [-0.1, -0.05) is 26.6 Å². The maximum Gasteiger partial charge on any atom is 0.126 e. The molecule has 17 heavy (non-hydrogen) atoms. The van der Waals surface area contributed by atoms with Crippen molar-refractivity contribution in [3.8, 4) is 0 Å². The molecule has 1 rings (SSSR count). The van der Waals surface area contributed by atoms with E-state index in [0.29, 0.717) is 5.56 Å². The zero-order valence-corrected chi connectivity index (χ0v) is 11.5. The molecule has 0 aromatic heterocycles. The molecule has 0 aliphatic rings. The minimum Gasteiger partial charge on any atom is -0.262 e. The van der Waals surface area contributed by atoms with Crippen LogP contribution >= 0.6 is 10.7 Å². The molecule has 0 bridgehead atoms. The van der Waals surface area contributed by atoms with Crippen LogP contribution in [-0.4, -0.2) is 10.6 Å². The standard InChI is InChI=1S/C13H19F2NS/c1-9(16-17(5)13(2,3)4)10-6-11(14)8-12(15)7-10/h6-9,16H,5H2,1-4H3/t9-,17?/m0/s1. The van der Waals surface area contributed by atoms with Gasteiger partial charge in [-0.05, 0) is 24.6 Å². The fraction of sp³-hybridized carbons (Fsp3) is 0.462. The Balaban J connectivity index is 2.83. The van der Waals surface area contributed by atoms with Gasteiger partial charge < -0.3 is 0 Å². The predicted molar refractivity (Wildman–Crippen MR) is 72.4 cm³/mol. The SMILES string of the molecule is C=S(N[C@@H](C)c1cc(F)cc(F)c1)C(C)(C)C. The van der Waals surface area contributed by atoms with Crippen LogP contribution in [0.2, 0.25) is 0 Å². The van der Waals surface area contributed by atoms with Crippen molar-refractivity contribution in [2.75, 3.05) is 0 Å². The second-order valence-electron chi connectivity index (χ2n) is 5.05. The molecule has 1 unspecified atom stereocenters. The molecule has 0 spiro atoms. The summed E-state index contributed by atoms with van der Waals surface area (Å²) >= 11 is 0. The predicted octanol–water partition coefficient (Wildman–Crippen LogP) is 4.03. The Morgan fingerprint density at radius 2 is 1.65 bits per heavy atom. The molecule has 2 atom stereocenters. The van der Waals surface area contributed by atoms with Gasteiger partial charge in [-0.3, -0.25) is 4.72 Å². The number of hydrogen-bond acceptors (Lipinski definition) is 1. The third kappa shape index (κ3) is 4.21. The van der Waals surface area contributed by atoms with Crippen molar-refractivity contribution in [1.29, 1.82) is 0 Å². The Hall–Kier alpha value is -0.740. The molecular weight excluding hydrogens is 240 g/mol. The molecule has 1 nitrogen and oxygen atoms in total. The van der Waals surface area contributed by atoms with Crippen molar-refractivity contribution in [1.82, 2.24) is 4.72 Å². The van der Waals surface area contributed by atoms with E-state index >= 15 is 0 Å². The number of rotatable bonds is 3. The molecule has 0 amide bonds. The molecule has 1 aromatic carbocycles. The first-order chi connectivity index (χ1) is 7.70. The van der Waals surface area contributed by atoms with E-state index in [1.165, 1.54) is 12.1 Å². The molecule has 0 aliphatic carbocycles. The lowest BCUT2D eigenvalue weighted by atomic mass is 10.1. The summed E-state index contributed by atoms with van der Waals surface area (Å²) in [4.78, 5) is 0. The van der Waals surface area contributed by atoms with Crippen LogP contribution in [0.4, 0.5) is 8.78 Å². The van der Waals surface area contributed by atoms with Gasteiger partial charge in [-0.25, -0.2) is 8.78 Å². The van der Waals surface area contributed by atoms with Crippen LogP contribution in [0.15, 0.2) is 18.2 Å². The normalized spacial score (nSPS) is 15.6. The molecule has 1 N–H and O–H groups in total. The smallest absolute Gasteiger partial charge is 0.126 e. The lowest BCUT2D eigenvalue weighted by molar-refractivity contribution is 0.573. The van der Waals surface area contributed by atoms with E-state index in [1.54, 1.807) is 0 Å². The summed E-state index contributed by atoms with van der Waals surface area (Å²) in [6.07, 6.45) is 0.